The maximum Gasteiger partial charge on any atom is 0.315 e. The van der Waals surface area contributed by atoms with Crippen LogP contribution < -0.4 is 10.6 Å². The Labute approximate surface area is 114 Å². The first-order valence-electron chi connectivity index (χ1n) is 6.77. The second-order valence-corrected chi connectivity index (χ2v) is 6.40. The number of aliphatic hydroxyl groups excluding tert-OH is 1. The summed E-state index contributed by atoms with van der Waals surface area (Å²) >= 11 is 1.57. The zero-order valence-electron chi connectivity index (χ0n) is 11.6. The fourth-order valence-electron chi connectivity index (χ4n) is 2.37. The van der Waals surface area contributed by atoms with Crippen molar-refractivity contribution in [2.45, 2.75) is 56.9 Å². The number of carbonyl (C=O) groups is 1. The minimum Gasteiger partial charge on any atom is -0.395 e. The molecule has 4 nitrogen and oxygen atoms in total. The SMILES string of the molecule is CSC(CO)C(C)NC(=O)NC1CCC(C)CC1. The lowest BCUT2D eigenvalue weighted by atomic mass is 9.87. The van der Waals surface area contributed by atoms with E-state index in [-0.39, 0.29) is 23.9 Å². The van der Waals surface area contributed by atoms with Gasteiger partial charge in [-0.15, -0.1) is 0 Å². The van der Waals surface area contributed by atoms with E-state index in [0.29, 0.717) is 6.04 Å². The molecule has 106 valence electrons. The van der Waals surface area contributed by atoms with Gasteiger partial charge in [-0.3, -0.25) is 0 Å². The third-order valence-electron chi connectivity index (χ3n) is 3.75. The summed E-state index contributed by atoms with van der Waals surface area (Å²) in [7, 11) is 0. The number of rotatable bonds is 5. The van der Waals surface area contributed by atoms with Crippen LogP contribution in [-0.2, 0) is 0 Å². The maximum absolute atomic E-state index is 11.8. The average Bonchev–Trinajstić information content (AvgIpc) is 2.33. The third-order valence-corrected chi connectivity index (χ3v) is 4.91. The Hall–Kier alpha value is -0.420. The summed E-state index contributed by atoms with van der Waals surface area (Å²) in [5.41, 5.74) is 0. The molecule has 1 aliphatic rings. The Bertz CT molecular complexity index is 251. The largest absolute Gasteiger partial charge is 0.395 e. The zero-order valence-corrected chi connectivity index (χ0v) is 12.4. The van der Waals surface area contributed by atoms with E-state index in [1.807, 2.05) is 13.2 Å². The molecule has 5 heteroatoms. The van der Waals surface area contributed by atoms with E-state index in [4.69, 9.17) is 5.11 Å². The quantitative estimate of drug-likeness (QED) is 0.718. The summed E-state index contributed by atoms with van der Waals surface area (Å²) < 4.78 is 0. The van der Waals surface area contributed by atoms with Gasteiger partial charge in [-0.2, -0.15) is 11.8 Å². The molecule has 0 bridgehead atoms. The molecule has 0 aliphatic heterocycles. The Morgan fingerprint density at radius 2 is 2.00 bits per heavy atom. The van der Waals surface area contributed by atoms with Crippen molar-refractivity contribution in [1.82, 2.24) is 10.6 Å². The van der Waals surface area contributed by atoms with Crippen molar-refractivity contribution in [3.63, 3.8) is 0 Å². The predicted octanol–water partition coefficient (Wildman–Crippen LogP) is 1.98. The summed E-state index contributed by atoms with van der Waals surface area (Å²) in [6.07, 6.45) is 6.50. The zero-order chi connectivity index (χ0) is 13.5. The van der Waals surface area contributed by atoms with Crippen LogP contribution in [0.2, 0.25) is 0 Å². The molecule has 18 heavy (non-hydrogen) atoms. The number of carbonyl (C=O) groups excluding carboxylic acids is 1. The lowest BCUT2D eigenvalue weighted by Crippen LogP contribution is -2.49. The average molecular weight is 274 g/mol. The lowest BCUT2D eigenvalue weighted by Gasteiger charge is -2.28. The van der Waals surface area contributed by atoms with Gasteiger partial charge in [-0.05, 0) is 44.8 Å². The number of amides is 2. The molecule has 2 unspecified atom stereocenters. The molecule has 1 saturated carbocycles. The highest BCUT2D eigenvalue weighted by Gasteiger charge is 2.22. The van der Waals surface area contributed by atoms with Crippen LogP contribution in [0.5, 0.6) is 0 Å². The molecule has 0 spiro atoms. The number of hydrogen-bond acceptors (Lipinski definition) is 3. The number of nitrogens with one attached hydrogen (secondary N) is 2. The van der Waals surface area contributed by atoms with E-state index in [1.165, 1.54) is 12.8 Å². The number of aliphatic hydroxyl groups is 1. The van der Waals surface area contributed by atoms with Crippen LogP contribution in [0.1, 0.15) is 39.5 Å². The molecule has 1 rings (SSSR count). The monoisotopic (exact) mass is 274 g/mol. The molecular formula is C13H26N2O2S. The second-order valence-electron chi connectivity index (χ2n) is 5.32. The molecule has 3 N–H and O–H groups in total. The molecule has 1 aliphatic carbocycles. The van der Waals surface area contributed by atoms with Crippen molar-refractivity contribution in [3.8, 4) is 0 Å². The highest BCUT2D eigenvalue weighted by molar-refractivity contribution is 7.99. The van der Waals surface area contributed by atoms with Gasteiger partial charge in [0.15, 0.2) is 0 Å². The first kappa shape index (κ1) is 15.6. The first-order chi connectivity index (χ1) is 8.56. The summed E-state index contributed by atoms with van der Waals surface area (Å²) in [5.74, 6) is 0.792. The van der Waals surface area contributed by atoms with Gasteiger partial charge in [-0.1, -0.05) is 6.92 Å². The molecule has 0 aromatic carbocycles. The van der Waals surface area contributed by atoms with E-state index < -0.39 is 0 Å². The normalized spacial score (nSPS) is 27.3. The van der Waals surface area contributed by atoms with Gasteiger partial charge in [0.2, 0.25) is 0 Å². The molecule has 1 fully saturated rings. The van der Waals surface area contributed by atoms with Crippen LogP contribution >= 0.6 is 11.8 Å². The van der Waals surface area contributed by atoms with Crippen LogP contribution in [-0.4, -0.2) is 41.3 Å². The Morgan fingerprint density at radius 3 is 2.50 bits per heavy atom. The Kier molecular flexibility index (Phi) is 6.86. The van der Waals surface area contributed by atoms with Crippen LogP contribution in [0.3, 0.4) is 0 Å². The fourth-order valence-corrected chi connectivity index (χ4v) is 2.99. The molecule has 2 amide bonds. The van der Waals surface area contributed by atoms with Gasteiger partial charge in [-0.25, -0.2) is 4.79 Å². The molecule has 0 saturated heterocycles. The van der Waals surface area contributed by atoms with Crippen LogP contribution in [0.4, 0.5) is 4.79 Å². The van der Waals surface area contributed by atoms with Crippen molar-refractivity contribution in [3.05, 3.63) is 0 Å². The molecule has 0 aromatic heterocycles. The van der Waals surface area contributed by atoms with Crippen LogP contribution in [0, 0.1) is 5.92 Å². The van der Waals surface area contributed by atoms with Gasteiger partial charge in [0.25, 0.3) is 0 Å². The first-order valence-corrected chi connectivity index (χ1v) is 8.06. The Morgan fingerprint density at radius 1 is 1.39 bits per heavy atom. The van der Waals surface area contributed by atoms with Gasteiger partial charge < -0.3 is 15.7 Å². The highest BCUT2D eigenvalue weighted by atomic mass is 32.2. The Balaban J connectivity index is 2.28. The van der Waals surface area contributed by atoms with Gasteiger partial charge in [0.05, 0.1) is 6.61 Å². The molecular weight excluding hydrogens is 248 g/mol. The van der Waals surface area contributed by atoms with Crippen molar-refractivity contribution in [1.29, 1.82) is 0 Å². The second kappa shape index (κ2) is 7.89. The standard InChI is InChI=1S/C13H26N2O2S/c1-9-4-6-11(7-5-9)15-13(17)14-10(2)12(8-16)18-3/h9-12,16H,4-8H2,1-3H3,(H2,14,15,17). The van der Waals surface area contributed by atoms with Crippen LogP contribution in [0.25, 0.3) is 0 Å². The highest BCUT2D eigenvalue weighted by Crippen LogP contribution is 2.23. The predicted molar refractivity (Wildman–Crippen MR) is 76.9 cm³/mol. The smallest absolute Gasteiger partial charge is 0.315 e. The number of thioether (sulfide) groups is 1. The van der Waals surface area contributed by atoms with Crippen LogP contribution in [0.15, 0.2) is 0 Å². The van der Waals surface area contributed by atoms with E-state index in [2.05, 4.69) is 17.6 Å². The summed E-state index contributed by atoms with van der Waals surface area (Å²) in [5, 5.41) is 15.2. The van der Waals surface area contributed by atoms with E-state index in [9.17, 15) is 4.79 Å². The van der Waals surface area contributed by atoms with Crippen molar-refractivity contribution in [2.75, 3.05) is 12.9 Å². The van der Waals surface area contributed by atoms with E-state index in [0.717, 1.165) is 18.8 Å². The minimum atomic E-state index is -0.102. The fraction of sp³-hybridized carbons (Fsp3) is 0.923. The van der Waals surface area contributed by atoms with Crippen molar-refractivity contribution < 1.29 is 9.90 Å². The number of urea groups is 1. The molecule has 0 radical (unpaired) electrons. The lowest BCUT2D eigenvalue weighted by molar-refractivity contribution is 0.221. The van der Waals surface area contributed by atoms with Crippen molar-refractivity contribution >= 4 is 17.8 Å². The molecule has 2 atom stereocenters. The summed E-state index contributed by atoms with van der Waals surface area (Å²) in [6.45, 7) is 4.28. The van der Waals surface area contributed by atoms with Crippen molar-refractivity contribution in [2.24, 2.45) is 5.92 Å². The summed E-state index contributed by atoms with van der Waals surface area (Å²) in [4.78, 5) is 11.8. The van der Waals surface area contributed by atoms with E-state index >= 15 is 0 Å². The van der Waals surface area contributed by atoms with E-state index in [1.54, 1.807) is 11.8 Å². The van der Waals surface area contributed by atoms with Gasteiger partial charge in [0.1, 0.15) is 0 Å². The molecule has 0 aromatic rings. The van der Waals surface area contributed by atoms with Gasteiger partial charge >= 0.3 is 6.03 Å². The number of hydrogen-bond donors (Lipinski definition) is 3. The minimum absolute atomic E-state index is 0.0208. The summed E-state index contributed by atoms with van der Waals surface area (Å²) in [6, 6.07) is 0.192. The van der Waals surface area contributed by atoms with Gasteiger partial charge in [0, 0.05) is 17.3 Å². The molecule has 0 heterocycles. The third kappa shape index (κ3) is 5.06. The topological polar surface area (TPSA) is 61.4 Å². The maximum atomic E-state index is 11.8.